The maximum Gasteiger partial charge on any atom is 0.112 e. The second-order valence-electron chi connectivity index (χ2n) is 5.98. The molecule has 0 aromatic heterocycles. The average molecular weight is 259 g/mol. The summed E-state index contributed by atoms with van der Waals surface area (Å²) >= 11 is 0. The summed E-state index contributed by atoms with van der Waals surface area (Å²) in [6.45, 7) is 4.63. The van der Waals surface area contributed by atoms with Gasteiger partial charge in [-0.1, -0.05) is 43.7 Å². The first-order valence-corrected chi connectivity index (χ1v) is 7.79. The molecule has 2 saturated heterocycles. The second-order valence-corrected chi connectivity index (χ2v) is 5.98. The van der Waals surface area contributed by atoms with Gasteiger partial charge in [0.15, 0.2) is 0 Å². The van der Waals surface area contributed by atoms with E-state index in [4.69, 9.17) is 4.74 Å². The van der Waals surface area contributed by atoms with Gasteiger partial charge in [-0.15, -0.1) is 0 Å². The SMILES string of the molecule is CCC[C@H]1CCCC2O[C@@H](c3ccccc3)[C@@H](C)N21. The van der Waals surface area contributed by atoms with E-state index < -0.39 is 0 Å². The van der Waals surface area contributed by atoms with Crippen LogP contribution >= 0.6 is 0 Å². The van der Waals surface area contributed by atoms with Gasteiger partial charge in [0.2, 0.25) is 0 Å². The fourth-order valence-corrected chi connectivity index (χ4v) is 3.86. The molecular formula is C17H25NO. The van der Waals surface area contributed by atoms with Crippen molar-refractivity contribution in [2.75, 3.05) is 0 Å². The van der Waals surface area contributed by atoms with E-state index in [0.29, 0.717) is 12.3 Å². The first kappa shape index (κ1) is 13.1. The Morgan fingerprint density at radius 1 is 1.21 bits per heavy atom. The number of benzene rings is 1. The predicted octanol–water partition coefficient (Wildman–Crippen LogP) is 4.13. The van der Waals surface area contributed by atoms with Crippen LogP contribution in [0.3, 0.4) is 0 Å². The van der Waals surface area contributed by atoms with Gasteiger partial charge in [0.05, 0.1) is 6.10 Å². The van der Waals surface area contributed by atoms with Crippen molar-refractivity contribution in [3.05, 3.63) is 35.9 Å². The lowest BCUT2D eigenvalue weighted by Crippen LogP contribution is -2.46. The third-order valence-corrected chi connectivity index (χ3v) is 4.70. The van der Waals surface area contributed by atoms with Gasteiger partial charge in [-0.05, 0) is 38.2 Å². The number of hydrogen-bond acceptors (Lipinski definition) is 2. The van der Waals surface area contributed by atoms with Gasteiger partial charge in [0.1, 0.15) is 6.23 Å². The molecule has 0 radical (unpaired) electrons. The molecule has 0 N–H and O–H groups in total. The summed E-state index contributed by atoms with van der Waals surface area (Å²) in [6.07, 6.45) is 7.06. The highest BCUT2D eigenvalue weighted by molar-refractivity contribution is 5.20. The Morgan fingerprint density at radius 2 is 2.00 bits per heavy atom. The Bertz CT molecular complexity index is 403. The van der Waals surface area contributed by atoms with Crippen molar-refractivity contribution in [2.45, 2.75) is 70.4 Å². The number of hydrogen-bond donors (Lipinski definition) is 0. The monoisotopic (exact) mass is 259 g/mol. The first-order valence-electron chi connectivity index (χ1n) is 7.79. The number of nitrogens with zero attached hydrogens (tertiary/aromatic N) is 1. The normalized spacial score (nSPS) is 35.3. The van der Waals surface area contributed by atoms with Crippen molar-refractivity contribution in [2.24, 2.45) is 0 Å². The summed E-state index contributed by atoms with van der Waals surface area (Å²) in [4.78, 5) is 2.66. The zero-order valence-electron chi connectivity index (χ0n) is 12.1. The van der Waals surface area contributed by atoms with E-state index in [1.54, 1.807) is 0 Å². The molecule has 1 unspecified atom stereocenters. The maximum absolute atomic E-state index is 6.37. The Morgan fingerprint density at radius 3 is 2.74 bits per heavy atom. The van der Waals surface area contributed by atoms with Crippen LogP contribution in [-0.2, 0) is 4.74 Å². The lowest BCUT2D eigenvalue weighted by molar-refractivity contribution is -0.0430. The van der Waals surface area contributed by atoms with Crippen LogP contribution in [0, 0.1) is 0 Å². The molecular weight excluding hydrogens is 234 g/mol. The van der Waals surface area contributed by atoms with Gasteiger partial charge in [-0.2, -0.15) is 0 Å². The van der Waals surface area contributed by atoms with Gasteiger partial charge in [0, 0.05) is 12.1 Å². The van der Waals surface area contributed by atoms with Crippen LogP contribution in [0.25, 0.3) is 0 Å². The minimum Gasteiger partial charge on any atom is -0.354 e. The van der Waals surface area contributed by atoms with Crippen LogP contribution in [0.15, 0.2) is 30.3 Å². The van der Waals surface area contributed by atoms with Crippen LogP contribution < -0.4 is 0 Å². The van der Waals surface area contributed by atoms with Crippen LogP contribution in [0.5, 0.6) is 0 Å². The topological polar surface area (TPSA) is 12.5 Å². The van der Waals surface area contributed by atoms with Crippen molar-refractivity contribution in [3.8, 4) is 0 Å². The molecule has 1 aromatic rings. The summed E-state index contributed by atoms with van der Waals surface area (Å²) in [5.41, 5.74) is 1.33. The molecule has 0 amide bonds. The lowest BCUT2D eigenvalue weighted by atomic mass is 9.94. The molecule has 104 valence electrons. The molecule has 2 fully saturated rings. The largest absolute Gasteiger partial charge is 0.354 e. The number of ether oxygens (including phenoxy) is 1. The highest BCUT2D eigenvalue weighted by Gasteiger charge is 2.44. The smallest absolute Gasteiger partial charge is 0.112 e. The van der Waals surface area contributed by atoms with E-state index >= 15 is 0 Å². The molecule has 0 saturated carbocycles. The molecule has 2 nitrogen and oxygen atoms in total. The third-order valence-electron chi connectivity index (χ3n) is 4.70. The molecule has 0 spiro atoms. The summed E-state index contributed by atoms with van der Waals surface area (Å²) < 4.78 is 6.37. The van der Waals surface area contributed by atoms with Crippen LogP contribution in [0.2, 0.25) is 0 Å². The number of fused-ring (bicyclic) bond motifs is 1. The van der Waals surface area contributed by atoms with Crippen LogP contribution in [0.4, 0.5) is 0 Å². The Labute approximate surface area is 116 Å². The zero-order chi connectivity index (χ0) is 13.2. The fourth-order valence-electron chi connectivity index (χ4n) is 3.86. The summed E-state index contributed by atoms with van der Waals surface area (Å²) in [5, 5.41) is 0. The Kier molecular flexibility index (Phi) is 3.90. The van der Waals surface area contributed by atoms with Crippen LogP contribution in [-0.4, -0.2) is 23.2 Å². The number of rotatable bonds is 3. The molecule has 0 aliphatic carbocycles. The van der Waals surface area contributed by atoms with E-state index in [1.807, 2.05) is 0 Å². The predicted molar refractivity (Wildman–Crippen MR) is 77.9 cm³/mol. The van der Waals surface area contributed by atoms with Crippen molar-refractivity contribution in [1.82, 2.24) is 4.90 Å². The molecule has 2 heterocycles. The fraction of sp³-hybridized carbons (Fsp3) is 0.647. The Hall–Kier alpha value is -0.860. The lowest BCUT2D eigenvalue weighted by Gasteiger charge is -2.38. The molecule has 3 rings (SSSR count). The second kappa shape index (κ2) is 5.64. The van der Waals surface area contributed by atoms with Crippen molar-refractivity contribution < 1.29 is 4.74 Å². The number of piperidine rings is 1. The first-order chi connectivity index (χ1) is 9.31. The van der Waals surface area contributed by atoms with Gasteiger partial charge in [0.25, 0.3) is 0 Å². The molecule has 0 bridgehead atoms. The van der Waals surface area contributed by atoms with Gasteiger partial charge < -0.3 is 4.74 Å². The van der Waals surface area contributed by atoms with Crippen LogP contribution in [0.1, 0.15) is 57.6 Å². The highest BCUT2D eigenvalue weighted by Crippen LogP contribution is 2.41. The quantitative estimate of drug-likeness (QED) is 0.809. The molecule has 2 aliphatic rings. The van der Waals surface area contributed by atoms with E-state index in [-0.39, 0.29) is 6.10 Å². The van der Waals surface area contributed by atoms with Gasteiger partial charge >= 0.3 is 0 Å². The van der Waals surface area contributed by atoms with Crippen molar-refractivity contribution in [1.29, 1.82) is 0 Å². The Balaban J connectivity index is 1.81. The van der Waals surface area contributed by atoms with E-state index in [0.717, 1.165) is 6.04 Å². The van der Waals surface area contributed by atoms with Gasteiger partial charge in [-0.25, -0.2) is 0 Å². The minimum atomic E-state index is 0.253. The summed E-state index contributed by atoms with van der Waals surface area (Å²) in [7, 11) is 0. The molecule has 2 heteroatoms. The summed E-state index contributed by atoms with van der Waals surface area (Å²) in [5.74, 6) is 0. The zero-order valence-corrected chi connectivity index (χ0v) is 12.1. The van der Waals surface area contributed by atoms with E-state index in [1.165, 1.54) is 37.7 Å². The molecule has 1 aromatic carbocycles. The van der Waals surface area contributed by atoms with Gasteiger partial charge in [-0.3, -0.25) is 4.90 Å². The minimum absolute atomic E-state index is 0.253. The molecule has 4 atom stereocenters. The van der Waals surface area contributed by atoms with E-state index in [2.05, 4.69) is 49.1 Å². The van der Waals surface area contributed by atoms with Crippen molar-refractivity contribution >= 4 is 0 Å². The standard InChI is InChI=1S/C17H25NO/c1-3-8-15-11-7-12-16-18(15)13(2)17(19-16)14-9-5-4-6-10-14/h4-6,9-10,13,15-17H,3,7-8,11-12H2,1-2H3/t13-,15+,16?,17-/m1/s1. The third kappa shape index (κ3) is 2.44. The maximum atomic E-state index is 6.37. The molecule has 2 aliphatic heterocycles. The van der Waals surface area contributed by atoms with Crippen molar-refractivity contribution in [3.63, 3.8) is 0 Å². The highest BCUT2D eigenvalue weighted by atomic mass is 16.5. The molecule has 19 heavy (non-hydrogen) atoms. The summed E-state index contributed by atoms with van der Waals surface area (Å²) in [6, 6.07) is 12.0. The van der Waals surface area contributed by atoms with E-state index in [9.17, 15) is 0 Å². The average Bonchev–Trinajstić information content (AvgIpc) is 2.79.